The van der Waals surface area contributed by atoms with E-state index in [2.05, 4.69) is 6.58 Å². The van der Waals surface area contributed by atoms with Gasteiger partial charge in [-0.2, -0.15) is 0 Å². The largest absolute Gasteiger partial charge is 0.224 e. The Kier molecular flexibility index (Phi) is 4.52. The average Bonchev–Trinajstić information content (AvgIpc) is 2.15. The highest BCUT2D eigenvalue weighted by Crippen LogP contribution is 2.23. The lowest BCUT2D eigenvalue weighted by Crippen LogP contribution is -2.10. The van der Waals surface area contributed by atoms with E-state index < -0.39 is 9.84 Å². The van der Waals surface area contributed by atoms with Gasteiger partial charge in [0, 0.05) is 0 Å². The SMILES string of the molecule is C=CCCCS(=O)(=O)c1c(C)cc(C)cc1C. The highest BCUT2D eigenvalue weighted by Gasteiger charge is 2.19. The van der Waals surface area contributed by atoms with Crippen LogP contribution in [0.2, 0.25) is 0 Å². The average molecular weight is 252 g/mol. The molecule has 0 aliphatic heterocycles. The summed E-state index contributed by atoms with van der Waals surface area (Å²) in [6.45, 7) is 9.31. The maximum Gasteiger partial charge on any atom is 0.178 e. The monoisotopic (exact) mass is 252 g/mol. The minimum atomic E-state index is -3.16. The molecule has 0 aromatic heterocycles. The van der Waals surface area contributed by atoms with Crippen molar-refractivity contribution in [1.29, 1.82) is 0 Å². The number of allylic oxidation sites excluding steroid dienone is 1. The smallest absolute Gasteiger partial charge is 0.178 e. The van der Waals surface area contributed by atoms with Crippen LogP contribution in [-0.4, -0.2) is 14.2 Å². The molecule has 0 radical (unpaired) electrons. The van der Waals surface area contributed by atoms with Gasteiger partial charge in [0.05, 0.1) is 10.6 Å². The Labute approximate surface area is 104 Å². The Hall–Kier alpha value is -1.09. The van der Waals surface area contributed by atoms with E-state index in [0.29, 0.717) is 11.3 Å². The van der Waals surface area contributed by atoms with Crippen LogP contribution in [0, 0.1) is 20.8 Å². The van der Waals surface area contributed by atoms with Gasteiger partial charge in [-0.05, 0) is 44.7 Å². The van der Waals surface area contributed by atoms with Crippen LogP contribution < -0.4 is 0 Å². The summed E-state index contributed by atoms with van der Waals surface area (Å²) in [5, 5.41) is 0. The van der Waals surface area contributed by atoms with Crippen molar-refractivity contribution in [2.45, 2.75) is 38.5 Å². The topological polar surface area (TPSA) is 34.1 Å². The molecule has 0 bridgehead atoms. The summed E-state index contributed by atoms with van der Waals surface area (Å²) in [6, 6.07) is 3.85. The standard InChI is InChI=1S/C14H20O2S/c1-5-6-7-8-17(15,16)14-12(3)9-11(2)10-13(14)4/h5,9-10H,1,6-8H2,2-4H3. The lowest BCUT2D eigenvalue weighted by molar-refractivity contribution is 0.592. The first kappa shape index (κ1) is 14.0. The van der Waals surface area contributed by atoms with Crippen LogP contribution in [0.25, 0.3) is 0 Å². The highest BCUT2D eigenvalue weighted by molar-refractivity contribution is 7.91. The lowest BCUT2D eigenvalue weighted by atomic mass is 10.1. The molecule has 1 aromatic rings. The van der Waals surface area contributed by atoms with Crippen molar-refractivity contribution in [1.82, 2.24) is 0 Å². The molecule has 1 aromatic carbocycles. The van der Waals surface area contributed by atoms with Gasteiger partial charge in [-0.3, -0.25) is 0 Å². The zero-order valence-corrected chi connectivity index (χ0v) is 11.6. The number of hydrogen-bond acceptors (Lipinski definition) is 2. The van der Waals surface area contributed by atoms with Crippen LogP contribution >= 0.6 is 0 Å². The normalized spacial score (nSPS) is 11.5. The van der Waals surface area contributed by atoms with Gasteiger partial charge in [0.2, 0.25) is 0 Å². The maximum atomic E-state index is 12.2. The molecule has 0 saturated carbocycles. The Bertz CT molecular complexity index is 490. The molecule has 0 N–H and O–H groups in total. The third-order valence-corrected chi connectivity index (χ3v) is 4.83. The van der Waals surface area contributed by atoms with Crippen molar-refractivity contribution in [3.05, 3.63) is 41.5 Å². The zero-order chi connectivity index (χ0) is 13.1. The van der Waals surface area contributed by atoms with E-state index in [9.17, 15) is 8.42 Å². The van der Waals surface area contributed by atoms with Crippen molar-refractivity contribution < 1.29 is 8.42 Å². The molecule has 0 spiro atoms. The van der Waals surface area contributed by atoms with Crippen molar-refractivity contribution in [2.75, 3.05) is 5.75 Å². The molecule has 0 heterocycles. The van der Waals surface area contributed by atoms with E-state index >= 15 is 0 Å². The minimum absolute atomic E-state index is 0.198. The number of sulfone groups is 1. The lowest BCUT2D eigenvalue weighted by Gasteiger charge is -2.11. The summed E-state index contributed by atoms with van der Waals surface area (Å²) in [7, 11) is -3.16. The van der Waals surface area contributed by atoms with Gasteiger partial charge < -0.3 is 0 Å². The predicted octanol–water partition coefficient (Wildman–Crippen LogP) is 3.35. The van der Waals surface area contributed by atoms with Crippen molar-refractivity contribution >= 4 is 9.84 Å². The fourth-order valence-corrected chi connectivity index (χ4v) is 4.03. The molecule has 0 atom stereocenters. The fourth-order valence-electron chi connectivity index (χ4n) is 2.18. The Morgan fingerprint density at radius 1 is 1.18 bits per heavy atom. The number of unbranched alkanes of at least 4 members (excludes halogenated alkanes) is 1. The third kappa shape index (κ3) is 3.43. The molecular weight excluding hydrogens is 232 g/mol. The molecule has 94 valence electrons. The minimum Gasteiger partial charge on any atom is -0.224 e. The fraction of sp³-hybridized carbons (Fsp3) is 0.429. The summed E-state index contributed by atoms with van der Waals surface area (Å²) in [4.78, 5) is 0.507. The summed E-state index contributed by atoms with van der Waals surface area (Å²) in [5.74, 6) is 0.198. The summed E-state index contributed by atoms with van der Waals surface area (Å²) >= 11 is 0. The van der Waals surface area contributed by atoms with E-state index in [4.69, 9.17) is 0 Å². The first-order valence-corrected chi connectivity index (χ1v) is 7.45. The Balaban J connectivity index is 3.11. The van der Waals surface area contributed by atoms with Crippen LogP contribution in [0.4, 0.5) is 0 Å². The molecule has 1 rings (SSSR count). The Morgan fingerprint density at radius 2 is 1.71 bits per heavy atom. The van der Waals surface area contributed by atoms with Crippen molar-refractivity contribution in [3.63, 3.8) is 0 Å². The molecule has 2 nitrogen and oxygen atoms in total. The van der Waals surface area contributed by atoms with Gasteiger partial charge in [-0.1, -0.05) is 23.8 Å². The second-order valence-corrected chi connectivity index (χ2v) is 6.52. The second kappa shape index (κ2) is 5.50. The number of hydrogen-bond donors (Lipinski definition) is 0. The van der Waals surface area contributed by atoms with Gasteiger partial charge in [-0.15, -0.1) is 6.58 Å². The molecule has 0 saturated heterocycles. The van der Waals surface area contributed by atoms with Crippen LogP contribution in [0.1, 0.15) is 29.5 Å². The second-order valence-electron chi connectivity index (χ2n) is 4.48. The van der Waals surface area contributed by atoms with Gasteiger partial charge in [-0.25, -0.2) is 8.42 Å². The van der Waals surface area contributed by atoms with Crippen LogP contribution in [-0.2, 0) is 9.84 Å². The molecule has 0 aliphatic carbocycles. The zero-order valence-electron chi connectivity index (χ0n) is 10.8. The third-order valence-electron chi connectivity index (χ3n) is 2.74. The maximum absolute atomic E-state index is 12.2. The van der Waals surface area contributed by atoms with Crippen molar-refractivity contribution in [3.8, 4) is 0 Å². The molecule has 0 fully saturated rings. The first-order chi connectivity index (χ1) is 7.88. The van der Waals surface area contributed by atoms with Crippen LogP contribution in [0.3, 0.4) is 0 Å². The van der Waals surface area contributed by atoms with Gasteiger partial charge >= 0.3 is 0 Å². The van der Waals surface area contributed by atoms with Gasteiger partial charge in [0.1, 0.15) is 0 Å². The molecule has 17 heavy (non-hydrogen) atoms. The predicted molar refractivity (Wildman–Crippen MR) is 72.1 cm³/mol. The molecule has 0 unspecified atom stereocenters. The van der Waals surface area contributed by atoms with Crippen molar-refractivity contribution in [2.24, 2.45) is 0 Å². The number of benzene rings is 1. The van der Waals surface area contributed by atoms with E-state index in [-0.39, 0.29) is 5.75 Å². The summed E-state index contributed by atoms with van der Waals surface area (Å²) < 4.78 is 24.5. The summed E-state index contributed by atoms with van der Waals surface area (Å²) in [5.41, 5.74) is 2.80. The van der Waals surface area contributed by atoms with Crippen LogP contribution in [0.5, 0.6) is 0 Å². The van der Waals surface area contributed by atoms with E-state index in [1.165, 1.54) is 0 Å². The van der Waals surface area contributed by atoms with Gasteiger partial charge in [0.25, 0.3) is 0 Å². The summed E-state index contributed by atoms with van der Waals surface area (Å²) in [6.07, 6.45) is 3.13. The van der Waals surface area contributed by atoms with E-state index in [1.807, 2.05) is 32.9 Å². The molecule has 3 heteroatoms. The van der Waals surface area contributed by atoms with Gasteiger partial charge in [0.15, 0.2) is 9.84 Å². The van der Waals surface area contributed by atoms with E-state index in [0.717, 1.165) is 23.1 Å². The number of rotatable bonds is 5. The number of aryl methyl sites for hydroxylation is 3. The molecule has 0 amide bonds. The van der Waals surface area contributed by atoms with E-state index in [1.54, 1.807) is 6.08 Å². The molecule has 0 aliphatic rings. The first-order valence-electron chi connectivity index (χ1n) is 5.80. The highest BCUT2D eigenvalue weighted by atomic mass is 32.2. The quantitative estimate of drug-likeness (QED) is 0.595. The van der Waals surface area contributed by atoms with Crippen LogP contribution in [0.15, 0.2) is 29.7 Å². The molecular formula is C14H20O2S. The Morgan fingerprint density at radius 3 is 2.18 bits per heavy atom.